The highest BCUT2D eigenvalue weighted by Crippen LogP contribution is 2.42. The van der Waals surface area contributed by atoms with Crippen LogP contribution in [0.25, 0.3) is 11.3 Å². The molecule has 0 radical (unpaired) electrons. The smallest absolute Gasteiger partial charge is 0.342 e. The summed E-state index contributed by atoms with van der Waals surface area (Å²) in [7, 11) is 1.61. The van der Waals surface area contributed by atoms with E-state index in [-0.39, 0.29) is 29.5 Å². The molecule has 2 saturated carbocycles. The Hall–Kier alpha value is -3.81. The van der Waals surface area contributed by atoms with E-state index in [0.29, 0.717) is 23.5 Å². The maximum absolute atomic E-state index is 13.0. The summed E-state index contributed by atoms with van der Waals surface area (Å²) in [5.74, 6) is 1.15. The van der Waals surface area contributed by atoms with Crippen LogP contribution in [0.3, 0.4) is 0 Å². The van der Waals surface area contributed by atoms with Crippen molar-refractivity contribution < 1.29 is 19.4 Å². The maximum Gasteiger partial charge on any atom is 0.342 e. The van der Waals surface area contributed by atoms with E-state index in [2.05, 4.69) is 15.7 Å². The second-order valence-electron chi connectivity index (χ2n) is 8.64. The topological polar surface area (TPSA) is 105 Å². The third-order valence-corrected chi connectivity index (χ3v) is 6.02. The number of hydrogen-bond acceptors (Lipinski definition) is 5. The molecule has 3 aromatic rings. The van der Waals surface area contributed by atoms with Gasteiger partial charge in [-0.2, -0.15) is 9.78 Å². The fourth-order valence-electron chi connectivity index (χ4n) is 3.76. The number of phenols is 1. The zero-order chi connectivity index (χ0) is 22.9. The van der Waals surface area contributed by atoms with E-state index in [0.717, 1.165) is 42.7 Å². The van der Waals surface area contributed by atoms with Crippen LogP contribution in [0.1, 0.15) is 42.9 Å². The molecular formula is C25H26N4O4. The van der Waals surface area contributed by atoms with Crippen molar-refractivity contribution in [3.8, 4) is 22.8 Å². The summed E-state index contributed by atoms with van der Waals surface area (Å²) in [5.41, 5.74) is 3.35. The Morgan fingerprint density at radius 1 is 1.09 bits per heavy atom. The number of phenolic OH excluding ortho intramolecular Hbond substituents is 1. The zero-order valence-corrected chi connectivity index (χ0v) is 18.4. The van der Waals surface area contributed by atoms with Crippen LogP contribution in [0.5, 0.6) is 11.5 Å². The van der Waals surface area contributed by atoms with Gasteiger partial charge in [-0.25, -0.2) is 4.79 Å². The number of carbonyl (C=O) groups is 2. The number of aromatic hydroxyl groups is 1. The number of amides is 2. The van der Waals surface area contributed by atoms with Crippen molar-refractivity contribution in [2.45, 2.75) is 38.1 Å². The van der Waals surface area contributed by atoms with Crippen LogP contribution in [0, 0.1) is 5.92 Å². The number of carbonyl (C=O) groups excluding carboxylic acids is 2. The van der Waals surface area contributed by atoms with Gasteiger partial charge in [0.2, 0.25) is 5.91 Å². The minimum atomic E-state index is -0.323. The third-order valence-electron chi connectivity index (χ3n) is 6.02. The molecule has 0 aliphatic heterocycles. The fraction of sp³-hybridized carbons (Fsp3) is 0.320. The Labute approximate surface area is 191 Å². The van der Waals surface area contributed by atoms with E-state index in [1.807, 2.05) is 30.3 Å². The summed E-state index contributed by atoms with van der Waals surface area (Å²) < 4.78 is 6.56. The molecule has 2 amide bonds. The fourth-order valence-corrected chi connectivity index (χ4v) is 3.76. The Morgan fingerprint density at radius 3 is 2.52 bits per heavy atom. The number of nitrogens with one attached hydrogen (secondary N) is 2. The van der Waals surface area contributed by atoms with Crippen LogP contribution in [0.4, 0.5) is 10.5 Å². The van der Waals surface area contributed by atoms with Crippen LogP contribution in [-0.2, 0) is 11.3 Å². The molecule has 2 aliphatic rings. The summed E-state index contributed by atoms with van der Waals surface area (Å²) in [6, 6.07) is 13.9. The second kappa shape index (κ2) is 8.61. The summed E-state index contributed by atoms with van der Waals surface area (Å²) in [6.45, 7) is 0.357. The first kappa shape index (κ1) is 21.1. The average Bonchev–Trinajstić information content (AvgIpc) is 3.76. The zero-order valence-electron chi connectivity index (χ0n) is 18.4. The first-order valence-electron chi connectivity index (χ1n) is 11.2. The molecule has 8 nitrogen and oxygen atoms in total. The van der Waals surface area contributed by atoms with E-state index in [4.69, 9.17) is 4.74 Å². The van der Waals surface area contributed by atoms with Gasteiger partial charge in [-0.05, 0) is 67.6 Å². The van der Waals surface area contributed by atoms with Gasteiger partial charge in [-0.3, -0.25) is 4.79 Å². The molecule has 3 N–H and O–H groups in total. The predicted molar refractivity (Wildman–Crippen MR) is 123 cm³/mol. The van der Waals surface area contributed by atoms with Crippen molar-refractivity contribution in [1.29, 1.82) is 0 Å². The Bertz CT molecular complexity index is 1190. The van der Waals surface area contributed by atoms with Crippen molar-refractivity contribution in [2.75, 3.05) is 12.4 Å². The third kappa shape index (κ3) is 4.69. The molecule has 0 unspecified atom stereocenters. The number of anilines is 1. The van der Waals surface area contributed by atoms with Crippen LogP contribution < -0.4 is 15.4 Å². The van der Waals surface area contributed by atoms with E-state index < -0.39 is 0 Å². The van der Waals surface area contributed by atoms with Gasteiger partial charge in [0.1, 0.15) is 11.5 Å². The quantitative estimate of drug-likeness (QED) is 0.471. The lowest BCUT2D eigenvalue weighted by atomic mass is 10.1. The SMILES string of the molecule is COc1ccc(CNC(=O)n2nc(-c3cc(NC(=O)C4CC4)ccc3O)cc2C2CC2)cc1. The van der Waals surface area contributed by atoms with Gasteiger partial charge in [0.25, 0.3) is 0 Å². The summed E-state index contributed by atoms with van der Waals surface area (Å²) in [4.78, 5) is 25.1. The van der Waals surface area contributed by atoms with E-state index >= 15 is 0 Å². The van der Waals surface area contributed by atoms with Gasteiger partial charge in [0.15, 0.2) is 0 Å². The minimum absolute atomic E-state index is 0.00579. The molecule has 33 heavy (non-hydrogen) atoms. The minimum Gasteiger partial charge on any atom is -0.507 e. The van der Waals surface area contributed by atoms with Gasteiger partial charge in [-0.1, -0.05) is 12.1 Å². The first-order chi connectivity index (χ1) is 16.0. The molecule has 0 bridgehead atoms. The van der Waals surface area contributed by atoms with Crippen molar-refractivity contribution >= 4 is 17.6 Å². The van der Waals surface area contributed by atoms with Crippen LogP contribution in [0.2, 0.25) is 0 Å². The normalized spacial score (nSPS) is 15.2. The van der Waals surface area contributed by atoms with Gasteiger partial charge in [0, 0.05) is 29.6 Å². The Kier molecular flexibility index (Phi) is 5.50. The maximum atomic E-state index is 13.0. The Balaban J connectivity index is 1.36. The standard InChI is InChI=1S/C25H26N4O4/c1-33-19-9-2-15(3-10-19)14-26-25(32)29-22(16-4-5-16)13-21(28-29)20-12-18(8-11-23(20)30)27-24(31)17-6-7-17/h2-3,8-13,16-17,30H,4-7,14H2,1H3,(H,26,32)(H,27,31). The molecule has 170 valence electrons. The van der Waals surface area contributed by atoms with Crippen molar-refractivity contribution in [3.63, 3.8) is 0 Å². The van der Waals surface area contributed by atoms with Crippen molar-refractivity contribution in [3.05, 3.63) is 59.8 Å². The van der Waals surface area contributed by atoms with Gasteiger partial charge in [-0.15, -0.1) is 0 Å². The van der Waals surface area contributed by atoms with Gasteiger partial charge < -0.3 is 20.5 Å². The predicted octanol–water partition coefficient (Wildman–Crippen LogP) is 4.25. The lowest BCUT2D eigenvalue weighted by molar-refractivity contribution is -0.117. The molecule has 8 heteroatoms. The number of rotatable bonds is 7. The van der Waals surface area contributed by atoms with E-state index in [1.165, 1.54) is 10.7 Å². The number of methoxy groups -OCH3 is 1. The Morgan fingerprint density at radius 2 is 1.85 bits per heavy atom. The molecule has 2 fully saturated rings. The second-order valence-corrected chi connectivity index (χ2v) is 8.64. The van der Waals surface area contributed by atoms with Crippen LogP contribution in [0.15, 0.2) is 48.5 Å². The monoisotopic (exact) mass is 446 g/mol. The largest absolute Gasteiger partial charge is 0.507 e. The molecule has 2 aliphatic carbocycles. The summed E-state index contributed by atoms with van der Waals surface area (Å²) in [6.07, 6.45) is 3.83. The molecule has 2 aromatic carbocycles. The molecule has 0 spiro atoms. The van der Waals surface area contributed by atoms with E-state index in [9.17, 15) is 14.7 Å². The number of aromatic nitrogens is 2. The summed E-state index contributed by atoms with van der Waals surface area (Å²) in [5, 5.41) is 20.8. The number of benzene rings is 2. The highest BCUT2D eigenvalue weighted by molar-refractivity contribution is 5.95. The average molecular weight is 447 g/mol. The van der Waals surface area contributed by atoms with Crippen LogP contribution in [-0.4, -0.2) is 33.9 Å². The van der Waals surface area contributed by atoms with Crippen molar-refractivity contribution in [1.82, 2.24) is 15.1 Å². The van der Waals surface area contributed by atoms with Crippen LogP contribution >= 0.6 is 0 Å². The van der Waals surface area contributed by atoms with Gasteiger partial charge in [0.05, 0.1) is 18.5 Å². The lowest BCUT2D eigenvalue weighted by Crippen LogP contribution is -2.30. The first-order valence-corrected chi connectivity index (χ1v) is 11.2. The molecular weight excluding hydrogens is 420 g/mol. The van der Waals surface area contributed by atoms with Crippen molar-refractivity contribution in [2.24, 2.45) is 5.92 Å². The lowest BCUT2D eigenvalue weighted by Gasteiger charge is -2.09. The molecule has 5 rings (SSSR count). The molecule has 1 aromatic heterocycles. The molecule has 1 heterocycles. The highest BCUT2D eigenvalue weighted by atomic mass is 16.5. The van der Waals surface area contributed by atoms with E-state index in [1.54, 1.807) is 19.2 Å². The number of hydrogen-bond donors (Lipinski definition) is 3. The molecule has 0 atom stereocenters. The van der Waals surface area contributed by atoms with Gasteiger partial charge >= 0.3 is 6.03 Å². The number of nitrogens with zero attached hydrogens (tertiary/aromatic N) is 2. The summed E-state index contributed by atoms with van der Waals surface area (Å²) >= 11 is 0. The molecule has 0 saturated heterocycles. The number of ether oxygens (including phenoxy) is 1. The highest BCUT2D eigenvalue weighted by Gasteiger charge is 2.31.